The van der Waals surface area contributed by atoms with Gasteiger partial charge in [0.2, 0.25) is 3.79 Å². The van der Waals surface area contributed by atoms with E-state index in [1.165, 1.54) is 0 Å². The summed E-state index contributed by atoms with van der Waals surface area (Å²) in [5, 5.41) is 3.35. The van der Waals surface area contributed by atoms with E-state index in [4.69, 9.17) is 44.3 Å². The predicted molar refractivity (Wildman–Crippen MR) is 103 cm³/mol. The summed E-state index contributed by atoms with van der Waals surface area (Å²) in [5.74, 6) is 1.25. The second-order valence-corrected chi connectivity index (χ2v) is 7.79. The first-order chi connectivity index (χ1) is 11.4. The number of nitrogens with one attached hydrogen (secondary N) is 1. The molecule has 4 nitrogen and oxygen atoms in total. The fourth-order valence-corrected chi connectivity index (χ4v) is 3.15. The molecule has 7 heteroatoms. The van der Waals surface area contributed by atoms with Crippen LogP contribution in [0.3, 0.4) is 0 Å². The molecule has 0 fully saturated rings. The first-order valence-electron chi connectivity index (χ1n) is 8.11. The number of alkyl halides is 3. The second kappa shape index (κ2) is 10.6. The van der Waals surface area contributed by atoms with Crippen molar-refractivity contribution in [3.05, 3.63) is 23.8 Å². The fraction of sp³-hybridized carbons (Fsp3) is 0.647. The first-order valence-corrected chi connectivity index (χ1v) is 9.25. The van der Waals surface area contributed by atoms with Crippen LogP contribution < -0.4 is 14.8 Å². The molecule has 1 N–H and O–H groups in total. The van der Waals surface area contributed by atoms with Gasteiger partial charge >= 0.3 is 0 Å². The highest BCUT2D eigenvalue weighted by Crippen LogP contribution is 2.41. The Morgan fingerprint density at radius 3 is 2.21 bits per heavy atom. The molecule has 1 aromatic carbocycles. The van der Waals surface area contributed by atoms with Gasteiger partial charge in [-0.15, -0.1) is 0 Å². The summed E-state index contributed by atoms with van der Waals surface area (Å²) >= 11 is 18.6. The van der Waals surface area contributed by atoms with Gasteiger partial charge < -0.3 is 19.7 Å². The van der Waals surface area contributed by atoms with Gasteiger partial charge in [-0.1, -0.05) is 54.7 Å². The van der Waals surface area contributed by atoms with Crippen molar-refractivity contribution in [3.8, 4) is 11.5 Å². The van der Waals surface area contributed by atoms with Crippen LogP contribution in [0, 0.1) is 0 Å². The summed E-state index contributed by atoms with van der Waals surface area (Å²) in [6.07, 6.45) is 0.978. The standard InChI is InChI=1S/C17H27Cl3N2O2/c1-5-22(6-2)11-7-10-21-16(17(18,19)20)13-8-9-14(23-3)15(12-13)24-4/h8-9,12,16,21H,5-7,10-11H2,1-4H3/t16-/m1/s1. The Morgan fingerprint density at radius 2 is 1.71 bits per heavy atom. The number of hydrogen-bond acceptors (Lipinski definition) is 4. The van der Waals surface area contributed by atoms with E-state index >= 15 is 0 Å². The number of nitrogens with zero attached hydrogens (tertiary/aromatic N) is 1. The van der Waals surface area contributed by atoms with Crippen molar-refractivity contribution in [1.29, 1.82) is 0 Å². The van der Waals surface area contributed by atoms with Crippen molar-refractivity contribution >= 4 is 34.8 Å². The predicted octanol–water partition coefficient (Wildman–Crippen LogP) is 4.44. The highest BCUT2D eigenvalue weighted by molar-refractivity contribution is 6.68. The number of benzene rings is 1. The van der Waals surface area contributed by atoms with Crippen LogP contribution in [0.1, 0.15) is 31.9 Å². The van der Waals surface area contributed by atoms with Gasteiger partial charge in [0.25, 0.3) is 0 Å². The maximum absolute atomic E-state index is 6.18. The van der Waals surface area contributed by atoms with Crippen LogP contribution in [-0.4, -0.2) is 49.1 Å². The molecule has 24 heavy (non-hydrogen) atoms. The van der Waals surface area contributed by atoms with Crippen LogP contribution in [0.5, 0.6) is 11.5 Å². The van der Waals surface area contributed by atoms with Gasteiger partial charge in [-0.05, 0) is 50.3 Å². The Morgan fingerprint density at radius 1 is 1.08 bits per heavy atom. The zero-order valence-electron chi connectivity index (χ0n) is 14.7. The second-order valence-electron chi connectivity index (χ2n) is 5.42. The highest BCUT2D eigenvalue weighted by Gasteiger charge is 2.34. The topological polar surface area (TPSA) is 33.7 Å². The molecule has 0 heterocycles. The van der Waals surface area contributed by atoms with Gasteiger partial charge in [-0.2, -0.15) is 0 Å². The molecule has 0 bridgehead atoms. The van der Waals surface area contributed by atoms with Gasteiger partial charge in [-0.3, -0.25) is 0 Å². The third-order valence-corrected chi connectivity index (χ3v) is 4.62. The molecule has 1 atom stereocenters. The molecule has 0 radical (unpaired) electrons. The van der Waals surface area contributed by atoms with Gasteiger partial charge in [-0.25, -0.2) is 0 Å². The zero-order valence-corrected chi connectivity index (χ0v) is 17.0. The van der Waals surface area contributed by atoms with Crippen LogP contribution in [-0.2, 0) is 0 Å². The first kappa shape index (κ1) is 21.7. The van der Waals surface area contributed by atoms with Crippen LogP contribution in [0.4, 0.5) is 0 Å². The lowest BCUT2D eigenvalue weighted by atomic mass is 10.1. The van der Waals surface area contributed by atoms with E-state index in [9.17, 15) is 0 Å². The van der Waals surface area contributed by atoms with E-state index in [1.54, 1.807) is 14.2 Å². The minimum absolute atomic E-state index is 0.431. The molecule has 0 saturated carbocycles. The molecular formula is C17H27Cl3N2O2. The highest BCUT2D eigenvalue weighted by atomic mass is 35.6. The van der Waals surface area contributed by atoms with E-state index < -0.39 is 9.83 Å². The number of halogens is 3. The normalized spacial score (nSPS) is 13.2. The Balaban J connectivity index is 2.80. The lowest BCUT2D eigenvalue weighted by molar-refractivity contribution is 0.295. The maximum atomic E-state index is 6.18. The molecule has 0 aromatic heterocycles. The summed E-state index contributed by atoms with van der Waals surface area (Å²) in [6.45, 7) is 8.16. The van der Waals surface area contributed by atoms with Crippen LogP contribution >= 0.6 is 34.8 Å². The van der Waals surface area contributed by atoms with E-state index in [0.29, 0.717) is 11.5 Å². The van der Waals surface area contributed by atoms with Gasteiger partial charge in [0.05, 0.1) is 20.3 Å². The molecule has 138 valence electrons. The minimum Gasteiger partial charge on any atom is -0.493 e. The largest absolute Gasteiger partial charge is 0.493 e. The van der Waals surface area contributed by atoms with Crippen LogP contribution in [0.2, 0.25) is 0 Å². The molecule has 0 unspecified atom stereocenters. The molecular weight excluding hydrogens is 371 g/mol. The van der Waals surface area contributed by atoms with Crippen molar-refractivity contribution in [2.24, 2.45) is 0 Å². The third-order valence-electron chi connectivity index (χ3n) is 3.96. The maximum Gasteiger partial charge on any atom is 0.209 e. The van der Waals surface area contributed by atoms with Gasteiger partial charge in [0.1, 0.15) is 0 Å². The molecule has 0 saturated heterocycles. The molecule has 0 spiro atoms. The summed E-state index contributed by atoms with van der Waals surface area (Å²) in [6, 6.07) is 5.10. The summed E-state index contributed by atoms with van der Waals surface area (Å²) in [5.41, 5.74) is 0.843. The third kappa shape index (κ3) is 6.49. The lowest BCUT2D eigenvalue weighted by Crippen LogP contribution is -2.34. The molecule has 1 aromatic rings. The van der Waals surface area contributed by atoms with E-state index in [1.807, 2.05) is 18.2 Å². The van der Waals surface area contributed by atoms with Gasteiger partial charge in [0, 0.05) is 0 Å². The number of hydrogen-bond donors (Lipinski definition) is 1. The Bertz CT molecular complexity index is 491. The van der Waals surface area contributed by atoms with Crippen LogP contribution in [0.25, 0.3) is 0 Å². The molecule has 1 rings (SSSR count). The van der Waals surface area contributed by atoms with Crippen molar-refractivity contribution in [2.45, 2.75) is 30.1 Å². The smallest absolute Gasteiger partial charge is 0.209 e. The van der Waals surface area contributed by atoms with E-state index in [0.717, 1.165) is 38.2 Å². The number of ether oxygens (including phenoxy) is 2. The SMILES string of the molecule is CCN(CC)CCCN[C@H](c1ccc(OC)c(OC)c1)C(Cl)(Cl)Cl. The Hall–Kier alpha value is -0.390. The van der Waals surface area contributed by atoms with Crippen molar-refractivity contribution in [3.63, 3.8) is 0 Å². The summed E-state index contributed by atoms with van der Waals surface area (Å²) in [4.78, 5) is 2.36. The average Bonchev–Trinajstić information content (AvgIpc) is 2.56. The fourth-order valence-electron chi connectivity index (χ4n) is 2.54. The zero-order chi connectivity index (χ0) is 18.2. The van der Waals surface area contributed by atoms with Crippen molar-refractivity contribution in [1.82, 2.24) is 10.2 Å². The van der Waals surface area contributed by atoms with Gasteiger partial charge in [0.15, 0.2) is 11.5 Å². The lowest BCUT2D eigenvalue weighted by Gasteiger charge is -2.27. The number of methoxy groups -OCH3 is 2. The molecule has 0 aliphatic rings. The average molecular weight is 398 g/mol. The van der Waals surface area contributed by atoms with Crippen molar-refractivity contribution < 1.29 is 9.47 Å². The summed E-state index contributed by atoms with van der Waals surface area (Å²) < 4.78 is 9.13. The Kier molecular flexibility index (Phi) is 9.53. The van der Waals surface area contributed by atoms with Crippen LogP contribution in [0.15, 0.2) is 18.2 Å². The van der Waals surface area contributed by atoms with Crippen molar-refractivity contribution in [2.75, 3.05) is 40.4 Å². The quantitative estimate of drug-likeness (QED) is 0.467. The van der Waals surface area contributed by atoms with E-state index in [2.05, 4.69) is 24.1 Å². The monoisotopic (exact) mass is 396 g/mol. The molecule has 0 aliphatic heterocycles. The Labute approximate surface area is 160 Å². The minimum atomic E-state index is -1.46. The molecule has 0 amide bonds. The molecule has 0 aliphatic carbocycles. The summed E-state index contributed by atoms with van der Waals surface area (Å²) in [7, 11) is 3.18. The van der Waals surface area contributed by atoms with E-state index in [-0.39, 0.29) is 0 Å². The number of rotatable bonds is 10.